The van der Waals surface area contributed by atoms with Crippen LogP contribution in [0.2, 0.25) is 0 Å². The van der Waals surface area contributed by atoms with Crippen LogP contribution in [-0.4, -0.2) is 67.9 Å². The number of aliphatic hydroxyl groups is 1. The molecule has 1 aliphatic rings. The maximum Gasteiger partial charge on any atom is 0.146 e. The third-order valence-electron chi connectivity index (χ3n) is 5.16. The van der Waals surface area contributed by atoms with Crippen molar-refractivity contribution < 1.29 is 5.11 Å². The van der Waals surface area contributed by atoms with Crippen LogP contribution in [0.5, 0.6) is 0 Å². The Balaban J connectivity index is 1.56. The smallest absolute Gasteiger partial charge is 0.146 e. The van der Waals surface area contributed by atoms with Gasteiger partial charge in [-0.25, -0.2) is 4.98 Å². The number of likely N-dealkylation sites (tertiary alicyclic amines) is 1. The molecule has 0 aliphatic carbocycles. The quantitative estimate of drug-likeness (QED) is 0.747. The van der Waals surface area contributed by atoms with Crippen LogP contribution in [0.3, 0.4) is 0 Å². The van der Waals surface area contributed by atoms with E-state index in [1.165, 1.54) is 0 Å². The van der Waals surface area contributed by atoms with Crippen LogP contribution < -0.4 is 5.73 Å². The van der Waals surface area contributed by atoms with E-state index in [9.17, 15) is 0 Å². The van der Waals surface area contributed by atoms with Crippen molar-refractivity contribution in [2.45, 2.75) is 31.8 Å². The molecule has 0 atom stereocenters. The fraction of sp³-hybridized carbons (Fsp3) is 0.611. The number of nitrogen functional groups attached to an aromatic ring is 1. The van der Waals surface area contributed by atoms with Gasteiger partial charge in [0.1, 0.15) is 17.5 Å². The van der Waals surface area contributed by atoms with Crippen molar-refractivity contribution in [3.63, 3.8) is 0 Å². The highest BCUT2D eigenvalue weighted by molar-refractivity contribution is 5.38. The molecule has 3 heterocycles. The maximum atomic E-state index is 9.04. The minimum absolute atomic E-state index is 0.154. The minimum Gasteiger partial charge on any atom is -0.395 e. The second kappa shape index (κ2) is 8.57. The van der Waals surface area contributed by atoms with E-state index < -0.39 is 0 Å². The van der Waals surface area contributed by atoms with E-state index in [4.69, 9.17) is 10.8 Å². The first kappa shape index (κ1) is 18.8. The van der Waals surface area contributed by atoms with Crippen LogP contribution >= 0.6 is 0 Å². The fourth-order valence-electron chi connectivity index (χ4n) is 3.53. The Morgan fingerprint density at radius 3 is 2.77 bits per heavy atom. The summed E-state index contributed by atoms with van der Waals surface area (Å²) in [4.78, 5) is 8.65. The number of hydrogen-bond donors (Lipinski definition) is 2. The van der Waals surface area contributed by atoms with Crippen molar-refractivity contribution in [2.75, 3.05) is 39.0 Å². The number of rotatable bonds is 7. The molecule has 0 saturated carbocycles. The van der Waals surface area contributed by atoms with Gasteiger partial charge in [0, 0.05) is 37.8 Å². The van der Waals surface area contributed by atoms with Crippen LogP contribution in [0.15, 0.2) is 18.3 Å². The van der Waals surface area contributed by atoms with Gasteiger partial charge in [0.2, 0.25) is 0 Å². The lowest BCUT2D eigenvalue weighted by Crippen LogP contribution is -2.33. The van der Waals surface area contributed by atoms with E-state index in [-0.39, 0.29) is 6.61 Å². The van der Waals surface area contributed by atoms with E-state index in [0.717, 1.165) is 49.7 Å². The molecule has 0 radical (unpaired) electrons. The summed E-state index contributed by atoms with van der Waals surface area (Å²) in [6, 6.07) is 3.99. The maximum absolute atomic E-state index is 9.04. The van der Waals surface area contributed by atoms with Crippen LogP contribution in [0.4, 0.5) is 5.82 Å². The summed E-state index contributed by atoms with van der Waals surface area (Å²) in [6.07, 6.45) is 3.87. The lowest BCUT2D eigenvalue weighted by molar-refractivity contribution is 0.200. The molecule has 3 rings (SSSR count). The third-order valence-corrected chi connectivity index (χ3v) is 5.16. The van der Waals surface area contributed by atoms with Gasteiger partial charge in [-0.15, -0.1) is 10.2 Å². The molecule has 1 saturated heterocycles. The lowest BCUT2D eigenvalue weighted by Gasteiger charge is -2.31. The Kier molecular flexibility index (Phi) is 6.18. The number of anilines is 1. The van der Waals surface area contributed by atoms with Crippen LogP contribution in [-0.2, 0) is 20.1 Å². The van der Waals surface area contributed by atoms with Crippen molar-refractivity contribution in [3.8, 4) is 0 Å². The molecule has 1 fully saturated rings. The summed E-state index contributed by atoms with van der Waals surface area (Å²) in [6.45, 7) is 4.38. The number of nitrogens with zero attached hydrogens (tertiary/aromatic N) is 6. The predicted octanol–water partition coefficient (Wildman–Crippen LogP) is 0.596. The van der Waals surface area contributed by atoms with E-state index in [1.54, 1.807) is 6.20 Å². The first-order valence-corrected chi connectivity index (χ1v) is 9.17. The fourth-order valence-corrected chi connectivity index (χ4v) is 3.53. The van der Waals surface area contributed by atoms with Gasteiger partial charge in [0.05, 0.1) is 13.2 Å². The Bertz CT molecular complexity index is 709. The number of hydrogen-bond acceptors (Lipinski definition) is 7. The molecule has 0 amide bonds. The number of piperidine rings is 1. The third kappa shape index (κ3) is 4.38. The molecule has 0 bridgehead atoms. The van der Waals surface area contributed by atoms with Crippen LogP contribution in [0.1, 0.15) is 36.0 Å². The molecule has 8 nitrogen and oxygen atoms in total. The average Bonchev–Trinajstić information content (AvgIpc) is 2.98. The number of aliphatic hydroxyl groups excluding tert-OH is 1. The number of aromatic nitrogens is 4. The van der Waals surface area contributed by atoms with Crippen molar-refractivity contribution in [1.82, 2.24) is 29.5 Å². The van der Waals surface area contributed by atoms with E-state index in [1.807, 2.05) is 26.2 Å². The zero-order valence-corrected chi connectivity index (χ0v) is 15.7. The predicted molar refractivity (Wildman–Crippen MR) is 100 cm³/mol. The van der Waals surface area contributed by atoms with Crippen LogP contribution in [0.25, 0.3) is 0 Å². The molecule has 2 aromatic rings. The van der Waals surface area contributed by atoms with Gasteiger partial charge in [-0.3, -0.25) is 9.80 Å². The Labute approximate surface area is 154 Å². The highest BCUT2D eigenvalue weighted by Crippen LogP contribution is 2.28. The second-order valence-corrected chi connectivity index (χ2v) is 7.09. The van der Waals surface area contributed by atoms with Crippen molar-refractivity contribution in [3.05, 3.63) is 35.5 Å². The van der Waals surface area contributed by atoms with Crippen molar-refractivity contribution in [2.24, 2.45) is 7.05 Å². The van der Waals surface area contributed by atoms with Gasteiger partial charge in [-0.05, 0) is 39.0 Å². The number of pyridine rings is 1. The monoisotopic (exact) mass is 359 g/mol. The zero-order chi connectivity index (χ0) is 18.5. The first-order chi connectivity index (χ1) is 12.6. The topological polar surface area (TPSA) is 96.3 Å². The molecule has 2 aromatic heterocycles. The lowest BCUT2D eigenvalue weighted by atomic mass is 9.95. The second-order valence-electron chi connectivity index (χ2n) is 7.09. The summed E-state index contributed by atoms with van der Waals surface area (Å²) >= 11 is 0. The molecule has 3 N–H and O–H groups in total. The van der Waals surface area contributed by atoms with Gasteiger partial charge in [0.25, 0.3) is 0 Å². The van der Waals surface area contributed by atoms with E-state index in [0.29, 0.717) is 24.8 Å². The zero-order valence-electron chi connectivity index (χ0n) is 15.7. The Morgan fingerprint density at radius 2 is 2.08 bits per heavy atom. The van der Waals surface area contributed by atoms with Gasteiger partial charge in [-0.2, -0.15) is 0 Å². The molecule has 0 aromatic carbocycles. The molecular formula is C18H29N7O. The summed E-state index contributed by atoms with van der Waals surface area (Å²) in [5, 5.41) is 17.9. The van der Waals surface area contributed by atoms with Crippen molar-refractivity contribution in [1.29, 1.82) is 0 Å². The van der Waals surface area contributed by atoms with Crippen molar-refractivity contribution >= 4 is 5.82 Å². The normalized spacial score (nSPS) is 16.5. The molecule has 0 unspecified atom stereocenters. The average molecular weight is 359 g/mol. The summed E-state index contributed by atoms with van der Waals surface area (Å²) in [5.74, 6) is 3.07. The first-order valence-electron chi connectivity index (χ1n) is 9.17. The molecule has 0 spiro atoms. The van der Waals surface area contributed by atoms with Gasteiger partial charge >= 0.3 is 0 Å². The minimum atomic E-state index is 0.154. The van der Waals surface area contributed by atoms with Crippen LogP contribution in [0, 0.1) is 0 Å². The highest BCUT2D eigenvalue weighted by Gasteiger charge is 2.25. The molecular weight excluding hydrogens is 330 g/mol. The van der Waals surface area contributed by atoms with Gasteiger partial charge in [0.15, 0.2) is 0 Å². The molecule has 8 heteroatoms. The Morgan fingerprint density at radius 1 is 1.31 bits per heavy atom. The van der Waals surface area contributed by atoms with Gasteiger partial charge in [-0.1, -0.05) is 6.07 Å². The number of likely N-dealkylation sites (N-methyl/N-ethyl adjacent to an activating group) is 1. The largest absolute Gasteiger partial charge is 0.395 e. The summed E-state index contributed by atoms with van der Waals surface area (Å²) < 4.78 is 2.12. The Hall–Kier alpha value is -2.03. The molecule has 142 valence electrons. The number of nitrogens with two attached hydrogens (primary N) is 1. The SMILES string of the molecule is CN(CCO)Cc1nnc(C2CCN(Cc3cccnc3N)CC2)n1C. The molecule has 26 heavy (non-hydrogen) atoms. The van der Waals surface area contributed by atoms with E-state index >= 15 is 0 Å². The highest BCUT2D eigenvalue weighted by atomic mass is 16.3. The van der Waals surface area contributed by atoms with Gasteiger partial charge < -0.3 is 15.4 Å². The summed E-state index contributed by atoms with van der Waals surface area (Å²) in [7, 11) is 4.02. The standard InChI is InChI=1S/C18H29N7O/c1-23(10-11-26)13-16-21-22-18(24(16)2)14-5-8-25(9-6-14)12-15-4-3-7-20-17(15)19/h3-4,7,14,26H,5-6,8-13H2,1-2H3,(H2,19,20). The van der Waals surface area contributed by atoms with E-state index in [2.05, 4.69) is 29.5 Å². The summed E-state index contributed by atoms with van der Waals surface area (Å²) in [5.41, 5.74) is 7.06. The molecule has 1 aliphatic heterocycles.